The molecule has 0 aromatic heterocycles. The molecule has 1 heterocycles. The van der Waals surface area contributed by atoms with E-state index in [4.69, 9.17) is 4.74 Å². The van der Waals surface area contributed by atoms with Gasteiger partial charge in [-0.05, 0) is 37.5 Å². The van der Waals surface area contributed by atoms with E-state index in [1.807, 2.05) is 12.1 Å². The van der Waals surface area contributed by atoms with Gasteiger partial charge in [0.2, 0.25) is 0 Å². The smallest absolute Gasteiger partial charge is 0.337 e. The highest BCUT2D eigenvalue weighted by Gasteiger charge is 2.37. The quantitative estimate of drug-likeness (QED) is 0.908. The van der Waals surface area contributed by atoms with Crippen LogP contribution in [0.25, 0.3) is 0 Å². The van der Waals surface area contributed by atoms with Gasteiger partial charge in [0, 0.05) is 11.0 Å². The Labute approximate surface area is 120 Å². The van der Waals surface area contributed by atoms with Crippen LogP contribution in [0.15, 0.2) is 22.7 Å². The minimum absolute atomic E-state index is 0.263. The summed E-state index contributed by atoms with van der Waals surface area (Å²) in [5.41, 5.74) is 1.18. The number of benzene rings is 1. The number of ether oxygens (including phenoxy) is 1. The third kappa shape index (κ3) is 2.37. The monoisotopic (exact) mass is 325 g/mol. The van der Waals surface area contributed by atoms with Gasteiger partial charge in [-0.3, -0.25) is 0 Å². The van der Waals surface area contributed by atoms with Crippen LogP contribution in [0.2, 0.25) is 0 Å². The number of carboxylic acids is 1. The Hall–Kier alpha value is -1.07. The minimum atomic E-state index is -0.877. The van der Waals surface area contributed by atoms with Crippen molar-refractivity contribution in [1.82, 2.24) is 0 Å². The first-order chi connectivity index (χ1) is 9.16. The molecule has 0 bridgehead atoms. The molecule has 1 N–H and O–H groups in total. The molecule has 2 atom stereocenters. The van der Waals surface area contributed by atoms with Crippen molar-refractivity contribution in [3.05, 3.63) is 28.2 Å². The highest BCUT2D eigenvalue weighted by Crippen LogP contribution is 2.35. The van der Waals surface area contributed by atoms with Gasteiger partial charge in [-0.25, -0.2) is 4.79 Å². The van der Waals surface area contributed by atoms with Crippen LogP contribution in [-0.2, 0) is 4.74 Å². The molecule has 2 fully saturated rings. The Morgan fingerprint density at radius 3 is 3.05 bits per heavy atom. The van der Waals surface area contributed by atoms with E-state index in [0.29, 0.717) is 18.2 Å². The lowest BCUT2D eigenvalue weighted by atomic mass is 10.1. The van der Waals surface area contributed by atoms with Gasteiger partial charge in [0.25, 0.3) is 0 Å². The van der Waals surface area contributed by atoms with E-state index in [2.05, 4.69) is 20.8 Å². The summed E-state index contributed by atoms with van der Waals surface area (Å²) in [7, 11) is 0. The Morgan fingerprint density at radius 1 is 1.42 bits per heavy atom. The second kappa shape index (κ2) is 5.13. The van der Waals surface area contributed by atoms with Crippen LogP contribution in [0.4, 0.5) is 5.69 Å². The predicted octanol–water partition coefficient (Wildman–Crippen LogP) is 2.91. The Kier molecular flexibility index (Phi) is 3.50. The molecular weight excluding hydrogens is 310 g/mol. The van der Waals surface area contributed by atoms with Crippen LogP contribution in [0.1, 0.15) is 29.6 Å². The van der Waals surface area contributed by atoms with Crippen molar-refractivity contribution in [2.75, 3.05) is 18.1 Å². The van der Waals surface area contributed by atoms with Crippen molar-refractivity contribution in [3.63, 3.8) is 0 Å². The van der Waals surface area contributed by atoms with Crippen LogP contribution in [0, 0.1) is 0 Å². The van der Waals surface area contributed by atoms with Gasteiger partial charge in [-0.15, -0.1) is 0 Å². The number of halogens is 1. The van der Waals surface area contributed by atoms with Crippen LogP contribution in [0.3, 0.4) is 0 Å². The molecule has 1 aliphatic heterocycles. The second-order valence-electron chi connectivity index (χ2n) is 5.07. The molecule has 1 aromatic carbocycles. The van der Waals surface area contributed by atoms with Gasteiger partial charge in [0.05, 0.1) is 30.0 Å². The number of fused-ring (bicyclic) bond motifs is 1. The van der Waals surface area contributed by atoms with Crippen molar-refractivity contribution < 1.29 is 14.6 Å². The van der Waals surface area contributed by atoms with Crippen molar-refractivity contribution in [3.8, 4) is 0 Å². The summed E-state index contributed by atoms with van der Waals surface area (Å²) in [6.45, 7) is 1.44. The Bertz CT molecular complexity index is 505. The van der Waals surface area contributed by atoms with E-state index in [1.54, 1.807) is 6.07 Å². The summed E-state index contributed by atoms with van der Waals surface area (Å²) in [6, 6.07) is 5.81. The number of carbonyl (C=O) groups is 1. The fourth-order valence-corrected chi connectivity index (χ4v) is 3.52. The maximum Gasteiger partial charge on any atom is 0.337 e. The number of aromatic carboxylic acids is 1. The lowest BCUT2D eigenvalue weighted by molar-refractivity contribution is 0.0254. The summed E-state index contributed by atoms with van der Waals surface area (Å²) in [5.74, 6) is -0.877. The number of morpholine rings is 1. The molecule has 19 heavy (non-hydrogen) atoms. The lowest BCUT2D eigenvalue weighted by Crippen LogP contribution is -2.49. The summed E-state index contributed by atoms with van der Waals surface area (Å²) in [6.07, 6.45) is 3.59. The highest BCUT2D eigenvalue weighted by molar-refractivity contribution is 9.10. The molecule has 102 valence electrons. The van der Waals surface area contributed by atoms with Crippen molar-refractivity contribution in [2.45, 2.75) is 31.4 Å². The van der Waals surface area contributed by atoms with E-state index in [1.165, 1.54) is 0 Å². The second-order valence-corrected chi connectivity index (χ2v) is 5.98. The van der Waals surface area contributed by atoms with Crippen LogP contribution < -0.4 is 4.90 Å². The zero-order chi connectivity index (χ0) is 13.4. The van der Waals surface area contributed by atoms with Gasteiger partial charge in [0.15, 0.2) is 0 Å². The van der Waals surface area contributed by atoms with Gasteiger partial charge in [-0.2, -0.15) is 0 Å². The molecule has 1 saturated heterocycles. The van der Waals surface area contributed by atoms with Gasteiger partial charge < -0.3 is 14.7 Å². The number of hydrogen-bond acceptors (Lipinski definition) is 3. The molecule has 1 saturated carbocycles. The number of carboxylic acid groups (broad SMARTS) is 1. The standard InChI is InChI=1S/C14H16BrNO3/c15-9-4-5-11(10(8-9)14(17)18)16-6-7-19-13-3-1-2-12(13)16/h4-5,8,12-13H,1-3,6-7H2,(H,17,18). The summed E-state index contributed by atoms with van der Waals surface area (Å²) in [4.78, 5) is 13.6. The molecule has 0 spiro atoms. The normalized spacial score (nSPS) is 26.3. The predicted molar refractivity (Wildman–Crippen MR) is 75.8 cm³/mol. The average molecular weight is 326 g/mol. The molecule has 0 amide bonds. The van der Waals surface area contributed by atoms with Gasteiger partial charge in [-0.1, -0.05) is 15.9 Å². The zero-order valence-electron chi connectivity index (χ0n) is 10.5. The lowest BCUT2D eigenvalue weighted by Gasteiger charge is -2.40. The molecule has 2 unspecified atom stereocenters. The van der Waals surface area contributed by atoms with E-state index in [-0.39, 0.29) is 6.10 Å². The highest BCUT2D eigenvalue weighted by atomic mass is 79.9. The van der Waals surface area contributed by atoms with Gasteiger partial charge >= 0.3 is 5.97 Å². The number of hydrogen-bond donors (Lipinski definition) is 1. The number of anilines is 1. The summed E-state index contributed by atoms with van der Waals surface area (Å²) in [5, 5.41) is 9.38. The minimum Gasteiger partial charge on any atom is -0.478 e. The largest absolute Gasteiger partial charge is 0.478 e. The molecule has 1 aliphatic carbocycles. The molecule has 3 rings (SSSR count). The van der Waals surface area contributed by atoms with Crippen LogP contribution in [0.5, 0.6) is 0 Å². The first kappa shape index (κ1) is 12.9. The maximum atomic E-state index is 11.4. The Morgan fingerprint density at radius 2 is 2.26 bits per heavy atom. The van der Waals surface area contributed by atoms with Crippen molar-refractivity contribution in [2.24, 2.45) is 0 Å². The molecular formula is C14H16BrNO3. The van der Waals surface area contributed by atoms with E-state index in [0.717, 1.165) is 36.0 Å². The van der Waals surface area contributed by atoms with Crippen molar-refractivity contribution >= 4 is 27.6 Å². The fraction of sp³-hybridized carbons (Fsp3) is 0.500. The zero-order valence-corrected chi connectivity index (χ0v) is 12.1. The number of nitrogens with zero attached hydrogens (tertiary/aromatic N) is 1. The third-order valence-electron chi connectivity index (χ3n) is 3.98. The first-order valence-electron chi connectivity index (χ1n) is 6.58. The summed E-state index contributed by atoms with van der Waals surface area (Å²) >= 11 is 3.34. The number of rotatable bonds is 2. The molecule has 4 nitrogen and oxygen atoms in total. The molecule has 5 heteroatoms. The SMILES string of the molecule is O=C(O)c1cc(Br)ccc1N1CCOC2CCCC21. The van der Waals surface area contributed by atoms with E-state index < -0.39 is 5.97 Å². The maximum absolute atomic E-state index is 11.4. The first-order valence-corrected chi connectivity index (χ1v) is 7.37. The average Bonchev–Trinajstić information content (AvgIpc) is 2.86. The summed E-state index contributed by atoms with van der Waals surface area (Å²) < 4.78 is 6.58. The van der Waals surface area contributed by atoms with Crippen molar-refractivity contribution in [1.29, 1.82) is 0 Å². The van der Waals surface area contributed by atoms with E-state index >= 15 is 0 Å². The topological polar surface area (TPSA) is 49.8 Å². The van der Waals surface area contributed by atoms with Crippen LogP contribution >= 0.6 is 15.9 Å². The third-order valence-corrected chi connectivity index (χ3v) is 4.47. The Balaban J connectivity index is 1.98. The van der Waals surface area contributed by atoms with Gasteiger partial charge in [0.1, 0.15) is 0 Å². The molecule has 0 radical (unpaired) electrons. The molecule has 1 aromatic rings. The van der Waals surface area contributed by atoms with E-state index in [9.17, 15) is 9.90 Å². The van der Waals surface area contributed by atoms with Crippen LogP contribution in [-0.4, -0.2) is 36.4 Å². The molecule has 2 aliphatic rings. The fourth-order valence-electron chi connectivity index (χ4n) is 3.15.